The average Bonchev–Trinajstić information content (AvgIpc) is 3.04. The largest absolute Gasteiger partial charge is 0.466 e. The second kappa shape index (κ2) is 6.62. The molecule has 1 aromatic heterocycles. The molecule has 1 aromatic carbocycles. The monoisotopic (exact) mass is 320 g/mol. The minimum absolute atomic E-state index is 0.172. The molecule has 23 heavy (non-hydrogen) atoms. The minimum Gasteiger partial charge on any atom is -0.466 e. The van der Waals surface area contributed by atoms with Crippen LogP contribution >= 0.6 is 0 Å². The summed E-state index contributed by atoms with van der Waals surface area (Å²) in [5.74, 6) is -2.12. The number of anilines is 1. The fourth-order valence-electron chi connectivity index (χ4n) is 1.86. The van der Waals surface area contributed by atoms with E-state index >= 15 is 0 Å². The lowest BCUT2D eigenvalue weighted by Crippen LogP contribution is -2.43. The third-order valence-corrected chi connectivity index (χ3v) is 3.28. The zero-order valence-electron chi connectivity index (χ0n) is 12.7. The summed E-state index contributed by atoms with van der Waals surface area (Å²) in [5.41, 5.74) is -0.844. The molecule has 0 radical (unpaired) electrons. The number of aryl methyl sites for hydroxylation is 1. The molecule has 0 bridgehead atoms. The van der Waals surface area contributed by atoms with Crippen LogP contribution in [0.2, 0.25) is 0 Å². The maximum atomic E-state index is 13.4. The predicted octanol–water partition coefficient (Wildman–Crippen LogP) is 1.69. The first kappa shape index (κ1) is 16.7. The van der Waals surface area contributed by atoms with Crippen molar-refractivity contribution in [1.82, 2.24) is 5.32 Å². The third kappa shape index (κ3) is 4.17. The number of amides is 2. The molecule has 2 aromatic rings. The van der Waals surface area contributed by atoms with Gasteiger partial charge in [-0.2, -0.15) is 0 Å². The Morgan fingerprint density at radius 1 is 1.30 bits per heavy atom. The lowest BCUT2D eigenvalue weighted by Gasteiger charge is -2.20. The molecule has 0 fully saturated rings. The van der Waals surface area contributed by atoms with E-state index in [0.717, 1.165) is 6.07 Å². The van der Waals surface area contributed by atoms with Gasteiger partial charge in [-0.05, 0) is 43.7 Å². The second-order valence-corrected chi connectivity index (χ2v) is 5.35. The van der Waals surface area contributed by atoms with E-state index in [9.17, 15) is 19.1 Å². The summed E-state index contributed by atoms with van der Waals surface area (Å²) in [6.07, 6.45) is 1.39. The standard InChI is InChI=1S/C16H17FN2O4/c1-10-5-6-11(8-12(10)17)19-15(21)14(20)18-9-16(2,22)13-4-3-7-23-13/h3-8,22H,9H2,1-2H3,(H,18,20)(H,19,21)/t16-/m0/s1. The van der Waals surface area contributed by atoms with Crippen molar-refractivity contribution in [2.45, 2.75) is 19.4 Å². The van der Waals surface area contributed by atoms with Crippen molar-refractivity contribution in [2.75, 3.05) is 11.9 Å². The van der Waals surface area contributed by atoms with Gasteiger partial charge in [-0.15, -0.1) is 0 Å². The fourth-order valence-corrected chi connectivity index (χ4v) is 1.86. The zero-order valence-corrected chi connectivity index (χ0v) is 12.7. The summed E-state index contributed by atoms with van der Waals surface area (Å²) in [5, 5.41) is 14.8. The molecule has 0 spiro atoms. The van der Waals surface area contributed by atoms with Crippen LogP contribution in [0.15, 0.2) is 41.0 Å². The molecule has 7 heteroatoms. The van der Waals surface area contributed by atoms with Crippen LogP contribution in [-0.2, 0) is 15.2 Å². The smallest absolute Gasteiger partial charge is 0.313 e. The highest BCUT2D eigenvalue weighted by Crippen LogP contribution is 2.19. The zero-order chi connectivity index (χ0) is 17.0. The number of aliphatic hydroxyl groups is 1. The topological polar surface area (TPSA) is 91.6 Å². The maximum absolute atomic E-state index is 13.4. The van der Waals surface area contributed by atoms with Gasteiger partial charge in [0.1, 0.15) is 17.2 Å². The number of halogens is 1. The van der Waals surface area contributed by atoms with E-state index < -0.39 is 23.2 Å². The highest BCUT2D eigenvalue weighted by molar-refractivity contribution is 6.39. The highest BCUT2D eigenvalue weighted by atomic mass is 19.1. The molecule has 2 rings (SSSR count). The van der Waals surface area contributed by atoms with Crippen molar-refractivity contribution in [3.8, 4) is 0 Å². The van der Waals surface area contributed by atoms with Crippen molar-refractivity contribution in [3.05, 3.63) is 53.7 Å². The molecule has 0 saturated carbocycles. The fraction of sp³-hybridized carbons (Fsp3) is 0.250. The lowest BCUT2D eigenvalue weighted by atomic mass is 10.0. The van der Waals surface area contributed by atoms with Gasteiger partial charge in [0, 0.05) is 5.69 Å². The van der Waals surface area contributed by atoms with Gasteiger partial charge in [0.15, 0.2) is 0 Å². The Labute approximate surface area is 132 Å². The summed E-state index contributed by atoms with van der Waals surface area (Å²) in [7, 11) is 0. The summed E-state index contributed by atoms with van der Waals surface area (Å²) >= 11 is 0. The van der Waals surface area contributed by atoms with Crippen LogP contribution in [0, 0.1) is 12.7 Å². The molecule has 2 amide bonds. The van der Waals surface area contributed by atoms with Gasteiger partial charge < -0.3 is 20.2 Å². The molecule has 0 aliphatic rings. The molecule has 0 unspecified atom stereocenters. The SMILES string of the molecule is Cc1ccc(NC(=O)C(=O)NC[C@](C)(O)c2ccco2)cc1F. The van der Waals surface area contributed by atoms with Crippen LogP contribution in [-0.4, -0.2) is 23.5 Å². The Balaban J connectivity index is 1.92. The second-order valence-electron chi connectivity index (χ2n) is 5.35. The van der Waals surface area contributed by atoms with Crippen LogP contribution in [0.4, 0.5) is 10.1 Å². The van der Waals surface area contributed by atoms with Crippen molar-refractivity contribution >= 4 is 17.5 Å². The predicted molar refractivity (Wildman–Crippen MR) is 81.1 cm³/mol. The van der Waals surface area contributed by atoms with E-state index in [1.54, 1.807) is 19.1 Å². The van der Waals surface area contributed by atoms with Gasteiger partial charge >= 0.3 is 11.8 Å². The Morgan fingerprint density at radius 3 is 2.65 bits per heavy atom. The van der Waals surface area contributed by atoms with Crippen molar-refractivity contribution < 1.29 is 23.5 Å². The first-order valence-corrected chi connectivity index (χ1v) is 6.91. The van der Waals surface area contributed by atoms with E-state index in [1.807, 2.05) is 0 Å². The molecule has 6 nitrogen and oxygen atoms in total. The van der Waals surface area contributed by atoms with Crippen molar-refractivity contribution in [3.63, 3.8) is 0 Å². The van der Waals surface area contributed by atoms with E-state index in [0.29, 0.717) is 5.56 Å². The number of furan rings is 1. The first-order valence-electron chi connectivity index (χ1n) is 6.91. The Bertz CT molecular complexity index is 711. The number of rotatable bonds is 4. The van der Waals surface area contributed by atoms with Gasteiger partial charge in [-0.1, -0.05) is 6.07 Å². The van der Waals surface area contributed by atoms with Crippen molar-refractivity contribution in [2.24, 2.45) is 0 Å². The Hall–Kier alpha value is -2.67. The summed E-state index contributed by atoms with van der Waals surface area (Å²) in [4.78, 5) is 23.5. The molecular formula is C16H17FN2O4. The van der Waals surface area contributed by atoms with Gasteiger partial charge in [0.05, 0.1) is 12.8 Å². The number of hydrogen-bond donors (Lipinski definition) is 3. The maximum Gasteiger partial charge on any atom is 0.313 e. The number of nitrogens with one attached hydrogen (secondary N) is 2. The summed E-state index contributed by atoms with van der Waals surface area (Å²) in [6.45, 7) is 2.82. The molecule has 1 heterocycles. The van der Waals surface area contributed by atoms with Gasteiger partial charge in [-0.3, -0.25) is 9.59 Å². The number of benzene rings is 1. The quantitative estimate of drug-likeness (QED) is 0.748. The van der Waals surface area contributed by atoms with Crippen LogP contribution in [0.5, 0.6) is 0 Å². The van der Waals surface area contributed by atoms with E-state index in [4.69, 9.17) is 4.42 Å². The third-order valence-electron chi connectivity index (χ3n) is 3.28. The molecule has 122 valence electrons. The minimum atomic E-state index is -1.45. The van der Waals surface area contributed by atoms with Crippen LogP contribution in [0.25, 0.3) is 0 Å². The summed E-state index contributed by atoms with van der Waals surface area (Å²) < 4.78 is 18.5. The molecule has 0 aliphatic heterocycles. The van der Waals surface area contributed by atoms with E-state index in [-0.39, 0.29) is 18.0 Å². The Kier molecular flexibility index (Phi) is 4.80. The first-order chi connectivity index (χ1) is 10.8. The van der Waals surface area contributed by atoms with Crippen LogP contribution < -0.4 is 10.6 Å². The molecule has 0 aliphatic carbocycles. The molecule has 1 atom stereocenters. The lowest BCUT2D eigenvalue weighted by molar-refractivity contribution is -0.136. The number of carbonyl (C=O) groups is 2. The summed E-state index contributed by atoms with van der Waals surface area (Å²) in [6, 6.07) is 7.26. The van der Waals surface area contributed by atoms with Gasteiger partial charge in [-0.25, -0.2) is 4.39 Å². The molecular weight excluding hydrogens is 303 g/mol. The Morgan fingerprint density at radius 2 is 2.04 bits per heavy atom. The van der Waals surface area contributed by atoms with Crippen molar-refractivity contribution in [1.29, 1.82) is 0 Å². The van der Waals surface area contributed by atoms with Gasteiger partial charge in [0.25, 0.3) is 0 Å². The normalized spacial score (nSPS) is 13.2. The van der Waals surface area contributed by atoms with E-state index in [2.05, 4.69) is 10.6 Å². The van der Waals surface area contributed by atoms with E-state index in [1.165, 1.54) is 25.3 Å². The van der Waals surface area contributed by atoms with Crippen LogP contribution in [0.3, 0.4) is 0 Å². The highest BCUT2D eigenvalue weighted by Gasteiger charge is 2.28. The van der Waals surface area contributed by atoms with Crippen LogP contribution in [0.1, 0.15) is 18.2 Å². The number of hydrogen-bond acceptors (Lipinski definition) is 4. The number of carbonyl (C=O) groups excluding carboxylic acids is 2. The average molecular weight is 320 g/mol. The molecule has 0 saturated heterocycles. The molecule has 3 N–H and O–H groups in total. The van der Waals surface area contributed by atoms with Gasteiger partial charge in [0.2, 0.25) is 0 Å².